The van der Waals surface area contributed by atoms with Gasteiger partial charge in [0, 0.05) is 12.6 Å². The zero-order valence-electron chi connectivity index (χ0n) is 12.3. The number of nitrogens with zero attached hydrogens (tertiary/aromatic N) is 1. The van der Waals surface area contributed by atoms with E-state index in [9.17, 15) is 9.59 Å². The third-order valence-corrected chi connectivity index (χ3v) is 3.38. The number of carboxylic acid groups (broad SMARTS) is 1. The van der Waals surface area contributed by atoms with Crippen molar-refractivity contribution < 1.29 is 14.7 Å². The van der Waals surface area contributed by atoms with Gasteiger partial charge in [-0.2, -0.15) is 0 Å². The monoisotopic (exact) mass is 258 g/mol. The molecule has 0 spiro atoms. The first-order chi connectivity index (χ1) is 8.11. The maximum atomic E-state index is 12.0. The molecule has 1 atom stereocenters. The fourth-order valence-corrected chi connectivity index (χ4v) is 1.45. The van der Waals surface area contributed by atoms with Gasteiger partial charge in [-0.15, -0.1) is 0 Å². The van der Waals surface area contributed by atoms with Gasteiger partial charge in [-0.25, -0.2) is 9.59 Å². The molecule has 0 bridgehead atoms. The van der Waals surface area contributed by atoms with Gasteiger partial charge >= 0.3 is 12.0 Å². The molecule has 0 aromatic heterocycles. The van der Waals surface area contributed by atoms with E-state index in [-0.39, 0.29) is 17.5 Å². The maximum absolute atomic E-state index is 12.0. The van der Waals surface area contributed by atoms with Crippen LogP contribution in [0.25, 0.3) is 0 Å². The van der Waals surface area contributed by atoms with Crippen molar-refractivity contribution in [2.24, 2.45) is 5.92 Å². The highest BCUT2D eigenvalue weighted by atomic mass is 16.4. The van der Waals surface area contributed by atoms with E-state index in [1.54, 1.807) is 11.9 Å². The van der Waals surface area contributed by atoms with Crippen LogP contribution in [0.1, 0.15) is 47.5 Å². The number of carbonyl (C=O) groups is 2. The molecule has 0 aliphatic carbocycles. The molecule has 0 rings (SSSR count). The minimum atomic E-state index is -0.986. The lowest BCUT2D eigenvalue weighted by Crippen LogP contribution is -2.53. The van der Waals surface area contributed by atoms with Gasteiger partial charge in [0.15, 0.2) is 0 Å². The van der Waals surface area contributed by atoms with Gasteiger partial charge in [-0.05, 0) is 32.6 Å². The molecule has 2 amide bonds. The molecule has 0 saturated carbocycles. The normalized spacial score (nSPS) is 13.3. The van der Waals surface area contributed by atoms with Crippen LogP contribution in [0.3, 0.4) is 0 Å². The van der Waals surface area contributed by atoms with E-state index in [0.29, 0.717) is 6.42 Å². The van der Waals surface area contributed by atoms with E-state index in [1.165, 1.54) is 0 Å². The summed E-state index contributed by atoms with van der Waals surface area (Å²) in [6, 6.07) is -1.16. The molecule has 5 nitrogen and oxygen atoms in total. The van der Waals surface area contributed by atoms with Crippen LogP contribution in [0.4, 0.5) is 4.79 Å². The topological polar surface area (TPSA) is 69.6 Å². The Hall–Kier alpha value is -1.26. The Morgan fingerprint density at radius 1 is 1.33 bits per heavy atom. The first kappa shape index (κ1) is 16.7. The summed E-state index contributed by atoms with van der Waals surface area (Å²) in [5.41, 5.74) is -0.287. The van der Waals surface area contributed by atoms with E-state index in [0.717, 1.165) is 6.42 Å². The molecule has 0 radical (unpaired) electrons. The highest BCUT2D eigenvalue weighted by molar-refractivity contribution is 5.82. The lowest BCUT2D eigenvalue weighted by Gasteiger charge is -2.35. The summed E-state index contributed by atoms with van der Waals surface area (Å²) in [6.07, 6.45) is 1.24. The van der Waals surface area contributed by atoms with E-state index >= 15 is 0 Å². The van der Waals surface area contributed by atoms with Crippen molar-refractivity contribution in [2.45, 2.75) is 59.0 Å². The second-order valence-electron chi connectivity index (χ2n) is 5.69. The van der Waals surface area contributed by atoms with Crippen LogP contribution >= 0.6 is 0 Å². The van der Waals surface area contributed by atoms with Crippen LogP contribution < -0.4 is 5.32 Å². The number of rotatable bonds is 6. The third-order valence-electron chi connectivity index (χ3n) is 3.38. The van der Waals surface area contributed by atoms with Crippen molar-refractivity contribution in [3.8, 4) is 0 Å². The Bertz CT molecular complexity index is 301. The molecular formula is C13H26N2O3. The van der Waals surface area contributed by atoms with Crippen LogP contribution in [-0.4, -0.2) is 40.6 Å². The van der Waals surface area contributed by atoms with E-state index in [2.05, 4.69) is 5.32 Å². The summed E-state index contributed by atoms with van der Waals surface area (Å²) >= 11 is 0. The summed E-state index contributed by atoms with van der Waals surface area (Å²) in [7, 11) is 1.69. The van der Waals surface area contributed by atoms with Crippen molar-refractivity contribution in [1.29, 1.82) is 0 Å². The van der Waals surface area contributed by atoms with Gasteiger partial charge in [0.05, 0.1) is 0 Å². The minimum Gasteiger partial charge on any atom is -0.480 e. The molecular weight excluding hydrogens is 232 g/mol. The highest BCUT2D eigenvalue weighted by Crippen LogP contribution is 2.16. The molecule has 0 aromatic rings. The number of hydrogen-bond donors (Lipinski definition) is 2. The average molecular weight is 258 g/mol. The lowest BCUT2D eigenvalue weighted by molar-refractivity contribution is -0.139. The number of urea groups is 1. The molecule has 0 aromatic carbocycles. The lowest BCUT2D eigenvalue weighted by atomic mass is 10.0. The molecule has 5 heteroatoms. The summed E-state index contributed by atoms with van der Waals surface area (Å²) in [6.45, 7) is 9.76. The van der Waals surface area contributed by atoms with Crippen LogP contribution in [0.5, 0.6) is 0 Å². The third kappa shape index (κ3) is 4.94. The molecule has 0 fully saturated rings. The molecule has 0 saturated heterocycles. The largest absolute Gasteiger partial charge is 0.480 e. The fraction of sp³-hybridized carbons (Fsp3) is 0.846. The summed E-state index contributed by atoms with van der Waals surface area (Å²) < 4.78 is 0. The number of carboxylic acids is 1. The Morgan fingerprint density at radius 2 is 1.83 bits per heavy atom. The van der Waals surface area contributed by atoms with Crippen molar-refractivity contribution in [3.63, 3.8) is 0 Å². The minimum absolute atomic E-state index is 0.218. The predicted octanol–water partition coefficient (Wildman–Crippen LogP) is 2.32. The van der Waals surface area contributed by atoms with Gasteiger partial charge in [-0.1, -0.05) is 20.8 Å². The zero-order chi connectivity index (χ0) is 14.5. The van der Waals surface area contributed by atoms with E-state index in [1.807, 2.05) is 34.6 Å². The summed E-state index contributed by atoms with van der Waals surface area (Å²) in [5.74, 6) is -0.768. The smallest absolute Gasteiger partial charge is 0.326 e. The van der Waals surface area contributed by atoms with Crippen LogP contribution in [0.2, 0.25) is 0 Å². The van der Waals surface area contributed by atoms with Gasteiger partial charge in [0.1, 0.15) is 6.04 Å². The van der Waals surface area contributed by atoms with Crippen LogP contribution in [-0.2, 0) is 4.79 Å². The standard InChI is InChI=1S/C13H26N2O3/c1-7-13(4,5)15(6)12(18)14-10(11(16)17)8-9(2)3/h9-10H,7-8H2,1-6H3,(H,14,18)(H,16,17). The van der Waals surface area contributed by atoms with Crippen molar-refractivity contribution in [3.05, 3.63) is 0 Å². The molecule has 106 valence electrons. The van der Waals surface area contributed by atoms with Crippen molar-refractivity contribution in [2.75, 3.05) is 7.05 Å². The van der Waals surface area contributed by atoms with E-state index in [4.69, 9.17) is 5.11 Å². The van der Waals surface area contributed by atoms with Crippen molar-refractivity contribution >= 4 is 12.0 Å². The molecule has 18 heavy (non-hydrogen) atoms. The first-order valence-corrected chi connectivity index (χ1v) is 6.39. The first-order valence-electron chi connectivity index (χ1n) is 6.39. The zero-order valence-corrected chi connectivity index (χ0v) is 12.3. The number of nitrogens with one attached hydrogen (secondary N) is 1. The summed E-state index contributed by atoms with van der Waals surface area (Å²) in [5, 5.41) is 11.7. The second-order valence-corrected chi connectivity index (χ2v) is 5.69. The fourth-order valence-electron chi connectivity index (χ4n) is 1.45. The van der Waals surface area contributed by atoms with E-state index < -0.39 is 12.0 Å². The van der Waals surface area contributed by atoms with Gasteiger partial charge in [-0.3, -0.25) is 0 Å². The van der Waals surface area contributed by atoms with Gasteiger partial charge in [0.25, 0.3) is 0 Å². The van der Waals surface area contributed by atoms with Crippen LogP contribution in [0.15, 0.2) is 0 Å². The number of carbonyl (C=O) groups excluding carboxylic acids is 1. The Labute approximate surface area is 110 Å². The Morgan fingerprint density at radius 3 is 2.17 bits per heavy atom. The molecule has 0 heterocycles. The SMILES string of the molecule is CCC(C)(C)N(C)C(=O)NC(CC(C)C)C(=O)O. The Kier molecular flexibility index (Phi) is 6.15. The Balaban J connectivity index is 4.65. The highest BCUT2D eigenvalue weighted by Gasteiger charge is 2.29. The molecule has 2 N–H and O–H groups in total. The summed E-state index contributed by atoms with van der Waals surface area (Å²) in [4.78, 5) is 24.6. The second kappa shape index (κ2) is 6.61. The van der Waals surface area contributed by atoms with Crippen LogP contribution in [0, 0.1) is 5.92 Å². The number of amides is 2. The quantitative estimate of drug-likeness (QED) is 0.768. The number of hydrogen-bond acceptors (Lipinski definition) is 2. The molecule has 1 unspecified atom stereocenters. The molecule has 0 aliphatic rings. The van der Waals surface area contributed by atoms with Gasteiger partial charge in [0.2, 0.25) is 0 Å². The average Bonchev–Trinajstić information content (AvgIpc) is 2.26. The van der Waals surface area contributed by atoms with Gasteiger partial charge < -0.3 is 15.3 Å². The van der Waals surface area contributed by atoms with Crippen molar-refractivity contribution in [1.82, 2.24) is 10.2 Å². The maximum Gasteiger partial charge on any atom is 0.326 e. The predicted molar refractivity (Wildman–Crippen MR) is 71.5 cm³/mol. The number of aliphatic carboxylic acids is 1. The molecule has 0 aliphatic heterocycles.